The Morgan fingerprint density at radius 3 is 2.76 bits per heavy atom. The van der Waals surface area contributed by atoms with Gasteiger partial charge in [0, 0.05) is 19.1 Å². The predicted molar refractivity (Wildman–Crippen MR) is 85.7 cm³/mol. The fourth-order valence-electron chi connectivity index (χ4n) is 2.84. The molecular formula is C17H27N3O. The highest BCUT2D eigenvalue weighted by Gasteiger charge is 2.19. The molecule has 1 aromatic carbocycles. The summed E-state index contributed by atoms with van der Waals surface area (Å²) in [5, 5.41) is 2.90. The average Bonchev–Trinajstić information content (AvgIpc) is 2.48. The van der Waals surface area contributed by atoms with E-state index in [9.17, 15) is 4.79 Å². The van der Waals surface area contributed by atoms with Crippen LogP contribution in [0, 0.1) is 0 Å². The first-order chi connectivity index (χ1) is 10.1. The Bertz CT molecular complexity index is 473. The Labute approximate surface area is 127 Å². The predicted octanol–water partition coefficient (Wildman–Crippen LogP) is 2.02. The number of likely N-dealkylation sites (tertiary alicyclic amines) is 1. The molecule has 3 N–H and O–H groups in total. The Morgan fingerprint density at radius 1 is 1.38 bits per heavy atom. The zero-order valence-corrected chi connectivity index (χ0v) is 13.1. The molecule has 4 heteroatoms. The molecule has 21 heavy (non-hydrogen) atoms. The van der Waals surface area contributed by atoms with Gasteiger partial charge in [0.25, 0.3) is 0 Å². The molecule has 116 valence electrons. The number of piperidine rings is 1. The van der Waals surface area contributed by atoms with Crippen LogP contribution < -0.4 is 11.1 Å². The number of carbonyl (C=O) groups is 1. The summed E-state index contributed by atoms with van der Waals surface area (Å²) in [6, 6.07) is 8.53. The van der Waals surface area contributed by atoms with Crippen molar-refractivity contribution in [3.8, 4) is 0 Å². The minimum atomic E-state index is -0.459. The highest BCUT2D eigenvalue weighted by molar-refractivity contribution is 5.80. The lowest BCUT2D eigenvalue weighted by atomic mass is 10.0. The topological polar surface area (TPSA) is 58.4 Å². The van der Waals surface area contributed by atoms with Crippen molar-refractivity contribution in [2.45, 2.75) is 58.3 Å². The largest absolute Gasteiger partial charge is 0.351 e. The molecule has 0 saturated carbocycles. The van der Waals surface area contributed by atoms with Gasteiger partial charge in [0.05, 0.1) is 6.04 Å². The van der Waals surface area contributed by atoms with E-state index in [1.54, 1.807) is 6.92 Å². The molecule has 1 saturated heterocycles. The number of hydrogen-bond acceptors (Lipinski definition) is 3. The molecule has 0 aromatic heterocycles. The van der Waals surface area contributed by atoms with Gasteiger partial charge in [0.15, 0.2) is 0 Å². The van der Waals surface area contributed by atoms with E-state index in [4.69, 9.17) is 5.73 Å². The van der Waals surface area contributed by atoms with Crippen molar-refractivity contribution in [1.82, 2.24) is 10.2 Å². The lowest BCUT2D eigenvalue weighted by Gasteiger charge is -2.33. The fourth-order valence-corrected chi connectivity index (χ4v) is 2.84. The van der Waals surface area contributed by atoms with Crippen LogP contribution in [0.15, 0.2) is 24.3 Å². The first-order valence-electron chi connectivity index (χ1n) is 7.92. The molecule has 0 spiro atoms. The van der Waals surface area contributed by atoms with Gasteiger partial charge in [0.1, 0.15) is 0 Å². The minimum Gasteiger partial charge on any atom is -0.351 e. The summed E-state index contributed by atoms with van der Waals surface area (Å²) < 4.78 is 0. The Morgan fingerprint density at radius 2 is 2.10 bits per heavy atom. The maximum atomic E-state index is 11.6. The number of hydrogen-bond donors (Lipinski definition) is 2. The van der Waals surface area contributed by atoms with E-state index in [0.29, 0.717) is 12.6 Å². The summed E-state index contributed by atoms with van der Waals surface area (Å²) >= 11 is 0. The second kappa shape index (κ2) is 7.57. The van der Waals surface area contributed by atoms with Crippen LogP contribution in [0.2, 0.25) is 0 Å². The van der Waals surface area contributed by atoms with Gasteiger partial charge in [0.2, 0.25) is 5.91 Å². The van der Waals surface area contributed by atoms with Gasteiger partial charge in [-0.3, -0.25) is 9.69 Å². The van der Waals surface area contributed by atoms with Crippen LogP contribution in [0.5, 0.6) is 0 Å². The molecule has 1 aliphatic heterocycles. The van der Waals surface area contributed by atoms with E-state index >= 15 is 0 Å². The Kier molecular flexibility index (Phi) is 5.76. The zero-order chi connectivity index (χ0) is 15.2. The number of amides is 1. The molecule has 2 unspecified atom stereocenters. The number of rotatable bonds is 5. The SMILES string of the molecule is CC(N)C(=O)NCc1ccccc1CN1CCCCC1C. The summed E-state index contributed by atoms with van der Waals surface area (Å²) in [6.07, 6.45) is 3.90. The van der Waals surface area contributed by atoms with Gasteiger partial charge in [-0.2, -0.15) is 0 Å². The third-order valence-electron chi connectivity index (χ3n) is 4.30. The van der Waals surface area contributed by atoms with Crippen LogP contribution in [0.1, 0.15) is 44.2 Å². The minimum absolute atomic E-state index is 0.101. The smallest absolute Gasteiger partial charge is 0.236 e. The Balaban J connectivity index is 2.00. The number of carbonyl (C=O) groups excluding carboxylic acids is 1. The summed E-state index contributed by atoms with van der Waals surface area (Å²) in [7, 11) is 0. The van der Waals surface area contributed by atoms with E-state index in [2.05, 4.69) is 35.3 Å². The maximum Gasteiger partial charge on any atom is 0.236 e. The second-order valence-corrected chi connectivity index (χ2v) is 6.09. The van der Waals surface area contributed by atoms with Crippen LogP contribution in [-0.4, -0.2) is 29.4 Å². The lowest BCUT2D eigenvalue weighted by molar-refractivity contribution is -0.122. The van der Waals surface area contributed by atoms with Crippen LogP contribution in [0.3, 0.4) is 0 Å². The fraction of sp³-hybridized carbons (Fsp3) is 0.588. The quantitative estimate of drug-likeness (QED) is 0.872. The monoisotopic (exact) mass is 289 g/mol. The van der Waals surface area contributed by atoms with E-state index in [1.807, 2.05) is 6.07 Å². The molecule has 1 fully saturated rings. The van der Waals surface area contributed by atoms with Crippen LogP contribution in [-0.2, 0) is 17.9 Å². The molecular weight excluding hydrogens is 262 g/mol. The summed E-state index contributed by atoms with van der Waals surface area (Å²) in [5.41, 5.74) is 8.07. The zero-order valence-electron chi connectivity index (χ0n) is 13.1. The third kappa shape index (κ3) is 4.55. The second-order valence-electron chi connectivity index (χ2n) is 6.09. The van der Waals surface area contributed by atoms with Gasteiger partial charge >= 0.3 is 0 Å². The van der Waals surface area contributed by atoms with Crippen molar-refractivity contribution >= 4 is 5.91 Å². The van der Waals surface area contributed by atoms with Crippen LogP contribution in [0.4, 0.5) is 0 Å². The van der Waals surface area contributed by atoms with Gasteiger partial charge in [-0.15, -0.1) is 0 Å². The maximum absolute atomic E-state index is 11.6. The van der Waals surface area contributed by atoms with Crippen LogP contribution in [0.25, 0.3) is 0 Å². The number of nitrogens with one attached hydrogen (secondary N) is 1. The third-order valence-corrected chi connectivity index (χ3v) is 4.30. The Hall–Kier alpha value is -1.39. The molecule has 1 heterocycles. The van der Waals surface area contributed by atoms with Crippen molar-refractivity contribution in [3.63, 3.8) is 0 Å². The van der Waals surface area contributed by atoms with Crippen molar-refractivity contribution in [2.75, 3.05) is 6.54 Å². The molecule has 4 nitrogen and oxygen atoms in total. The first-order valence-corrected chi connectivity index (χ1v) is 7.92. The molecule has 0 aliphatic carbocycles. The molecule has 0 bridgehead atoms. The van der Waals surface area contributed by atoms with Gasteiger partial charge in [-0.25, -0.2) is 0 Å². The molecule has 1 aliphatic rings. The van der Waals surface area contributed by atoms with E-state index in [-0.39, 0.29) is 5.91 Å². The number of nitrogens with zero attached hydrogens (tertiary/aromatic N) is 1. The van der Waals surface area contributed by atoms with Gasteiger partial charge < -0.3 is 11.1 Å². The lowest BCUT2D eigenvalue weighted by Crippen LogP contribution is -2.39. The average molecular weight is 289 g/mol. The van der Waals surface area contributed by atoms with Gasteiger partial charge in [-0.05, 0) is 44.4 Å². The highest BCUT2D eigenvalue weighted by atomic mass is 16.2. The molecule has 1 aromatic rings. The molecule has 0 radical (unpaired) electrons. The molecule has 2 rings (SSSR count). The number of benzene rings is 1. The van der Waals surface area contributed by atoms with Crippen molar-refractivity contribution in [2.24, 2.45) is 5.73 Å². The normalized spacial score (nSPS) is 21.0. The number of nitrogens with two attached hydrogens (primary N) is 1. The summed E-state index contributed by atoms with van der Waals surface area (Å²) in [5.74, 6) is -0.101. The van der Waals surface area contributed by atoms with Crippen molar-refractivity contribution in [3.05, 3.63) is 35.4 Å². The van der Waals surface area contributed by atoms with Crippen LogP contribution >= 0.6 is 0 Å². The van der Waals surface area contributed by atoms with Crippen molar-refractivity contribution < 1.29 is 4.79 Å². The van der Waals surface area contributed by atoms with E-state index < -0.39 is 6.04 Å². The first kappa shape index (κ1) is 16.0. The summed E-state index contributed by atoms with van der Waals surface area (Å²) in [6.45, 7) is 6.70. The van der Waals surface area contributed by atoms with Crippen molar-refractivity contribution in [1.29, 1.82) is 0 Å². The summed E-state index contributed by atoms with van der Waals surface area (Å²) in [4.78, 5) is 14.2. The highest BCUT2D eigenvalue weighted by Crippen LogP contribution is 2.20. The van der Waals surface area contributed by atoms with E-state index in [0.717, 1.165) is 6.54 Å². The van der Waals surface area contributed by atoms with E-state index in [1.165, 1.54) is 36.9 Å². The molecule has 1 amide bonds. The molecule has 2 atom stereocenters. The standard InChI is InChI=1S/C17H27N3O/c1-13-7-5-6-10-20(13)12-16-9-4-3-8-15(16)11-19-17(21)14(2)18/h3-4,8-9,13-14H,5-7,10-12,18H2,1-2H3,(H,19,21). The van der Waals surface area contributed by atoms with Gasteiger partial charge in [-0.1, -0.05) is 30.7 Å².